The predicted molar refractivity (Wildman–Crippen MR) is 108 cm³/mol. The summed E-state index contributed by atoms with van der Waals surface area (Å²) in [6.45, 7) is 0.311. The quantitative estimate of drug-likeness (QED) is 0.491. The number of methoxy groups -OCH3 is 2. The lowest BCUT2D eigenvalue weighted by Crippen LogP contribution is -2.27. The molecule has 2 aromatic rings. The van der Waals surface area contributed by atoms with Gasteiger partial charge in [0.2, 0.25) is 5.91 Å². The van der Waals surface area contributed by atoms with Crippen molar-refractivity contribution in [3.8, 4) is 11.5 Å². The van der Waals surface area contributed by atoms with Crippen LogP contribution in [0.2, 0.25) is 0 Å². The van der Waals surface area contributed by atoms with Crippen LogP contribution in [0.3, 0.4) is 0 Å². The van der Waals surface area contributed by atoms with E-state index in [0.29, 0.717) is 23.7 Å². The van der Waals surface area contributed by atoms with E-state index in [-0.39, 0.29) is 29.0 Å². The van der Waals surface area contributed by atoms with E-state index in [1.165, 1.54) is 32.0 Å². The van der Waals surface area contributed by atoms with E-state index in [2.05, 4.69) is 10.6 Å². The normalized spacial score (nSPS) is 10.2. The first-order valence-corrected chi connectivity index (χ1v) is 9.69. The molecule has 8 heteroatoms. The third kappa shape index (κ3) is 6.08. The summed E-state index contributed by atoms with van der Waals surface area (Å²) in [7, 11) is 2.97. The Labute approximate surface area is 167 Å². The smallest absolute Gasteiger partial charge is 0.253 e. The number of hydrogen-bond donors (Lipinski definition) is 2. The molecule has 0 spiro atoms. The third-order valence-corrected chi connectivity index (χ3v) is 4.74. The Morgan fingerprint density at radius 1 is 1.07 bits per heavy atom. The van der Waals surface area contributed by atoms with Gasteiger partial charge in [0.15, 0.2) is 11.5 Å². The Hall–Kier alpha value is -2.38. The zero-order valence-corrected chi connectivity index (χ0v) is 16.7. The lowest BCUT2D eigenvalue weighted by molar-refractivity contribution is -0.113. The average molecular weight is 409 g/mol. The molecule has 0 aliphatic heterocycles. The van der Waals surface area contributed by atoms with E-state index in [4.69, 9.17) is 21.1 Å². The van der Waals surface area contributed by atoms with Gasteiger partial charge < -0.3 is 20.1 Å². The van der Waals surface area contributed by atoms with Crippen LogP contribution in [0.25, 0.3) is 0 Å². The van der Waals surface area contributed by atoms with Crippen LogP contribution in [0.4, 0.5) is 5.69 Å². The highest BCUT2D eigenvalue weighted by Crippen LogP contribution is 2.33. The molecule has 0 saturated carbocycles. The Balaban J connectivity index is 2.19. The number of carbonyl (C=O) groups is 2. The van der Waals surface area contributed by atoms with Crippen LogP contribution in [0.5, 0.6) is 11.5 Å². The summed E-state index contributed by atoms with van der Waals surface area (Å²) in [5, 5.41) is 5.46. The number of ether oxygens (including phenoxy) is 2. The maximum atomic E-state index is 12.4. The van der Waals surface area contributed by atoms with Gasteiger partial charge in [0.25, 0.3) is 5.91 Å². The molecule has 0 aliphatic rings. The van der Waals surface area contributed by atoms with Gasteiger partial charge >= 0.3 is 0 Å². The lowest BCUT2D eigenvalue weighted by atomic mass is 10.1. The molecule has 0 radical (unpaired) electrons. The molecule has 0 fully saturated rings. The van der Waals surface area contributed by atoms with Crippen LogP contribution in [0.15, 0.2) is 47.4 Å². The van der Waals surface area contributed by atoms with Crippen molar-refractivity contribution in [1.29, 1.82) is 0 Å². The molecule has 2 rings (SSSR count). The van der Waals surface area contributed by atoms with Gasteiger partial charge in [-0.15, -0.1) is 23.4 Å². The minimum atomic E-state index is -0.359. The SMILES string of the molecule is COc1cc(NC(=O)CSc2ccccc2)c(C(=O)NCCCl)cc1OC. The van der Waals surface area contributed by atoms with E-state index < -0.39 is 0 Å². The largest absolute Gasteiger partial charge is 0.493 e. The molecule has 0 unspecified atom stereocenters. The second-order valence-corrected chi connectivity index (χ2v) is 6.77. The minimum absolute atomic E-state index is 0.209. The lowest BCUT2D eigenvalue weighted by Gasteiger charge is -2.15. The van der Waals surface area contributed by atoms with Gasteiger partial charge in [-0.3, -0.25) is 9.59 Å². The van der Waals surface area contributed by atoms with Crippen molar-refractivity contribution >= 4 is 40.9 Å². The highest BCUT2D eigenvalue weighted by atomic mass is 35.5. The zero-order chi connectivity index (χ0) is 19.6. The molecule has 0 aromatic heterocycles. The molecule has 0 heterocycles. The Morgan fingerprint density at radius 3 is 2.37 bits per heavy atom. The van der Waals surface area contributed by atoms with Gasteiger partial charge in [0.1, 0.15) is 0 Å². The van der Waals surface area contributed by atoms with Crippen molar-refractivity contribution in [2.45, 2.75) is 4.90 Å². The molecule has 2 amide bonds. The number of amides is 2. The highest BCUT2D eigenvalue weighted by Gasteiger charge is 2.18. The maximum Gasteiger partial charge on any atom is 0.253 e. The standard InChI is InChI=1S/C19H21ClN2O4S/c1-25-16-10-14(19(24)21-9-8-20)15(11-17(16)26-2)22-18(23)12-27-13-6-4-3-5-7-13/h3-7,10-11H,8-9,12H2,1-2H3,(H,21,24)(H,22,23). The predicted octanol–water partition coefficient (Wildman–Crippen LogP) is 3.40. The van der Waals surface area contributed by atoms with Crippen LogP contribution >= 0.6 is 23.4 Å². The fraction of sp³-hybridized carbons (Fsp3) is 0.263. The summed E-state index contributed by atoms with van der Waals surface area (Å²) >= 11 is 7.04. The molecule has 0 aliphatic carbocycles. The number of halogens is 1. The van der Waals surface area contributed by atoms with E-state index in [1.54, 1.807) is 6.07 Å². The summed E-state index contributed by atoms with van der Waals surface area (Å²) < 4.78 is 10.5. The van der Waals surface area contributed by atoms with Gasteiger partial charge in [0.05, 0.1) is 31.2 Å². The van der Waals surface area contributed by atoms with Gasteiger partial charge in [0, 0.05) is 23.4 Å². The molecule has 27 heavy (non-hydrogen) atoms. The van der Waals surface area contributed by atoms with Crippen LogP contribution in [-0.2, 0) is 4.79 Å². The second kappa shape index (κ2) is 10.7. The average Bonchev–Trinajstić information content (AvgIpc) is 2.70. The number of alkyl halides is 1. The van der Waals surface area contributed by atoms with Crippen molar-refractivity contribution in [3.63, 3.8) is 0 Å². The molecule has 6 nitrogen and oxygen atoms in total. The number of thioether (sulfide) groups is 1. The van der Waals surface area contributed by atoms with Crippen LogP contribution in [-0.4, -0.2) is 44.2 Å². The molecular weight excluding hydrogens is 388 g/mol. The fourth-order valence-corrected chi connectivity index (χ4v) is 3.09. The van der Waals surface area contributed by atoms with Gasteiger partial charge in [-0.05, 0) is 18.2 Å². The van der Waals surface area contributed by atoms with E-state index in [1.807, 2.05) is 30.3 Å². The molecule has 0 bridgehead atoms. The molecule has 2 aromatic carbocycles. The minimum Gasteiger partial charge on any atom is -0.493 e. The maximum absolute atomic E-state index is 12.4. The first kappa shape index (κ1) is 20.9. The van der Waals surface area contributed by atoms with Crippen molar-refractivity contribution in [3.05, 3.63) is 48.0 Å². The fourth-order valence-electron chi connectivity index (χ4n) is 2.28. The van der Waals surface area contributed by atoms with Crippen LogP contribution in [0, 0.1) is 0 Å². The van der Waals surface area contributed by atoms with Gasteiger partial charge in [-0.1, -0.05) is 18.2 Å². The number of benzene rings is 2. The first-order chi connectivity index (χ1) is 13.1. The van der Waals surface area contributed by atoms with E-state index in [0.717, 1.165) is 4.90 Å². The molecule has 0 atom stereocenters. The van der Waals surface area contributed by atoms with E-state index >= 15 is 0 Å². The Bertz CT molecular complexity index is 787. The Kier molecular flexibility index (Phi) is 8.29. The molecule has 144 valence electrons. The van der Waals surface area contributed by atoms with Gasteiger partial charge in [-0.25, -0.2) is 0 Å². The summed E-state index contributed by atoms with van der Waals surface area (Å²) in [6.07, 6.45) is 0. The molecular formula is C19H21ClN2O4S. The zero-order valence-electron chi connectivity index (χ0n) is 15.1. The molecule has 2 N–H and O–H groups in total. The summed E-state index contributed by atoms with van der Waals surface area (Å²) in [5.74, 6) is 0.711. The number of rotatable bonds is 9. The number of hydrogen-bond acceptors (Lipinski definition) is 5. The van der Waals surface area contributed by atoms with E-state index in [9.17, 15) is 9.59 Å². The topological polar surface area (TPSA) is 76.7 Å². The number of anilines is 1. The first-order valence-electron chi connectivity index (χ1n) is 8.17. The van der Waals surface area contributed by atoms with Crippen molar-refractivity contribution in [2.75, 3.05) is 37.7 Å². The summed E-state index contributed by atoms with van der Waals surface area (Å²) in [4.78, 5) is 25.8. The third-order valence-electron chi connectivity index (χ3n) is 3.54. The Morgan fingerprint density at radius 2 is 1.74 bits per heavy atom. The van der Waals surface area contributed by atoms with Crippen LogP contribution < -0.4 is 20.1 Å². The monoisotopic (exact) mass is 408 g/mol. The second-order valence-electron chi connectivity index (χ2n) is 5.35. The van der Waals surface area contributed by atoms with Crippen molar-refractivity contribution < 1.29 is 19.1 Å². The summed E-state index contributed by atoms with van der Waals surface area (Å²) in [5.41, 5.74) is 0.620. The van der Waals surface area contributed by atoms with Gasteiger partial charge in [-0.2, -0.15) is 0 Å². The molecule has 0 saturated heterocycles. The summed E-state index contributed by atoms with van der Waals surface area (Å²) in [6, 6.07) is 12.7. The number of carbonyl (C=O) groups excluding carboxylic acids is 2. The van der Waals surface area contributed by atoms with Crippen LogP contribution in [0.1, 0.15) is 10.4 Å². The van der Waals surface area contributed by atoms with Crippen molar-refractivity contribution in [2.24, 2.45) is 0 Å². The van der Waals surface area contributed by atoms with Crippen molar-refractivity contribution in [1.82, 2.24) is 5.32 Å². The number of nitrogens with one attached hydrogen (secondary N) is 2. The highest BCUT2D eigenvalue weighted by molar-refractivity contribution is 8.00.